The number of carbonyl (C=O) groups excluding carboxylic acids is 1. The van der Waals surface area contributed by atoms with E-state index >= 15 is 0 Å². The summed E-state index contributed by atoms with van der Waals surface area (Å²) in [6.45, 7) is 5.22. The van der Waals surface area contributed by atoms with E-state index < -0.39 is 0 Å². The number of morpholine rings is 1. The van der Waals surface area contributed by atoms with E-state index in [0.29, 0.717) is 18.8 Å². The van der Waals surface area contributed by atoms with Crippen molar-refractivity contribution >= 4 is 5.91 Å². The smallest absolute Gasteiger partial charge is 0.256 e. The van der Waals surface area contributed by atoms with Crippen molar-refractivity contribution in [2.75, 3.05) is 13.2 Å². The quantitative estimate of drug-likeness (QED) is 0.717. The molecule has 0 N–H and O–H groups in total. The molecule has 2 rings (SSSR count). The van der Waals surface area contributed by atoms with Crippen molar-refractivity contribution in [3.8, 4) is 0 Å². The highest BCUT2D eigenvalue weighted by atomic mass is 16.5. The first-order valence-electron chi connectivity index (χ1n) is 5.50. The molecule has 0 saturated carbocycles. The van der Waals surface area contributed by atoms with Crippen LogP contribution in [0.2, 0.25) is 0 Å². The third-order valence-electron chi connectivity index (χ3n) is 2.81. The molecule has 1 aromatic rings. The fraction of sp³-hybridized carbons (Fsp3) is 0.500. The van der Waals surface area contributed by atoms with Gasteiger partial charge in [-0.05, 0) is 26.0 Å². The van der Waals surface area contributed by atoms with Crippen LogP contribution >= 0.6 is 0 Å². The van der Waals surface area contributed by atoms with E-state index in [1.165, 1.54) is 0 Å². The lowest BCUT2D eigenvalue weighted by Gasteiger charge is -2.38. The van der Waals surface area contributed by atoms with Gasteiger partial charge in [0.05, 0.1) is 30.9 Å². The minimum Gasteiger partial charge on any atom is -0.377 e. The SMILES string of the molecule is C[C@@H]1COC[C@@H](C)N1C(=O)c1cccnc1. The molecule has 1 amide bonds. The van der Waals surface area contributed by atoms with Crippen LogP contribution in [-0.4, -0.2) is 41.1 Å². The molecular weight excluding hydrogens is 204 g/mol. The molecule has 0 spiro atoms. The summed E-state index contributed by atoms with van der Waals surface area (Å²) in [5.41, 5.74) is 0.642. The van der Waals surface area contributed by atoms with Crippen molar-refractivity contribution in [1.82, 2.24) is 9.88 Å². The van der Waals surface area contributed by atoms with Crippen molar-refractivity contribution in [2.45, 2.75) is 25.9 Å². The second-order valence-corrected chi connectivity index (χ2v) is 4.19. The molecule has 1 aromatic heterocycles. The monoisotopic (exact) mass is 220 g/mol. The Morgan fingerprint density at radius 1 is 1.44 bits per heavy atom. The Labute approximate surface area is 95.2 Å². The van der Waals surface area contributed by atoms with Gasteiger partial charge < -0.3 is 9.64 Å². The molecule has 0 aliphatic carbocycles. The zero-order chi connectivity index (χ0) is 11.5. The molecule has 2 heterocycles. The lowest BCUT2D eigenvalue weighted by molar-refractivity contribution is -0.0249. The van der Waals surface area contributed by atoms with E-state index in [1.54, 1.807) is 24.5 Å². The third kappa shape index (κ3) is 2.07. The summed E-state index contributed by atoms with van der Waals surface area (Å²) in [6, 6.07) is 3.82. The minimum atomic E-state index is 0.0383. The molecule has 86 valence electrons. The highest BCUT2D eigenvalue weighted by Gasteiger charge is 2.30. The van der Waals surface area contributed by atoms with E-state index in [9.17, 15) is 4.79 Å². The van der Waals surface area contributed by atoms with E-state index in [-0.39, 0.29) is 18.0 Å². The number of carbonyl (C=O) groups is 1. The topological polar surface area (TPSA) is 42.4 Å². The lowest BCUT2D eigenvalue weighted by atomic mass is 10.1. The molecule has 4 nitrogen and oxygen atoms in total. The highest BCUT2D eigenvalue weighted by molar-refractivity contribution is 5.94. The molecule has 1 fully saturated rings. The van der Waals surface area contributed by atoms with Gasteiger partial charge in [0, 0.05) is 12.4 Å². The van der Waals surface area contributed by atoms with Crippen LogP contribution in [0.1, 0.15) is 24.2 Å². The first-order valence-corrected chi connectivity index (χ1v) is 5.50. The molecule has 2 atom stereocenters. The van der Waals surface area contributed by atoms with E-state index in [4.69, 9.17) is 4.74 Å². The standard InChI is InChI=1S/C12H16N2O2/c1-9-7-16-8-10(2)14(9)12(15)11-4-3-5-13-6-11/h3-6,9-10H,7-8H2,1-2H3/t9-,10-/m1/s1. The summed E-state index contributed by atoms with van der Waals surface area (Å²) in [5, 5.41) is 0. The van der Waals surface area contributed by atoms with Gasteiger partial charge in [-0.15, -0.1) is 0 Å². The Kier molecular flexibility index (Phi) is 3.19. The number of pyridine rings is 1. The first-order chi connectivity index (χ1) is 7.70. The van der Waals surface area contributed by atoms with Crippen LogP contribution in [0.15, 0.2) is 24.5 Å². The summed E-state index contributed by atoms with van der Waals surface area (Å²) < 4.78 is 5.40. The molecule has 1 saturated heterocycles. The fourth-order valence-electron chi connectivity index (χ4n) is 2.04. The van der Waals surface area contributed by atoms with Crippen LogP contribution in [0.25, 0.3) is 0 Å². The van der Waals surface area contributed by atoms with Gasteiger partial charge >= 0.3 is 0 Å². The number of nitrogens with zero attached hydrogens (tertiary/aromatic N) is 2. The van der Waals surface area contributed by atoms with Crippen LogP contribution in [0.5, 0.6) is 0 Å². The maximum Gasteiger partial charge on any atom is 0.256 e. The summed E-state index contributed by atoms with van der Waals surface area (Å²) in [5.74, 6) is 0.0383. The van der Waals surface area contributed by atoms with Crippen molar-refractivity contribution in [2.24, 2.45) is 0 Å². The largest absolute Gasteiger partial charge is 0.377 e. The normalized spacial score (nSPS) is 25.5. The van der Waals surface area contributed by atoms with Gasteiger partial charge in [0.1, 0.15) is 0 Å². The average Bonchev–Trinajstić information content (AvgIpc) is 2.30. The highest BCUT2D eigenvalue weighted by Crippen LogP contribution is 2.16. The first kappa shape index (κ1) is 11.1. The van der Waals surface area contributed by atoms with Crippen LogP contribution in [-0.2, 0) is 4.74 Å². The third-order valence-corrected chi connectivity index (χ3v) is 2.81. The van der Waals surface area contributed by atoms with Gasteiger partial charge in [-0.3, -0.25) is 9.78 Å². The molecule has 0 aromatic carbocycles. The van der Waals surface area contributed by atoms with Crippen LogP contribution < -0.4 is 0 Å². The Bertz CT molecular complexity index is 357. The van der Waals surface area contributed by atoms with Crippen LogP contribution in [0.4, 0.5) is 0 Å². The molecule has 0 bridgehead atoms. The van der Waals surface area contributed by atoms with E-state index in [0.717, 1.165) is 0 Å². The number of ether oxygens (including phenoxy) is 1. The second-order valence-electron chi connectivity index (χ2n) is 4.19. The van der Waals surface area contributed by atoms with Crippen molar-refractivity contribution in [1.29, 1.82) is 0 Å². The predicted octanol–water partition coefficient (Wildman–Crippen LogP) is 1.33. The fourth-order valence-corrected chi connectivity index (χ4v) is 2.04. The summed E-state index contributed by atoms with van der Waals surface area (Å²) in [4.78, 5) is 18.1. The molecule has 0 radical (unpaired) electrons. The lowest BCUT2D eigenvalue weighted by Crippen LogP contribution is -2.52. The maximum atomic E-state index is 12.3. The Hall–Kier alpha value is -1.42. The zero-order valence-corrected chi connectivity index (χ0v) is 9.59. The number of hydrogen-bond donors (Lipinski definition) is 0. The van der Waals surface area contributed by atoms with Gasteiger partial charge in [0.25, 0.3) is 5.91 Å². The number of hydrogen-bond acceptors (Lipinski definition) is 3. The maximum absolute atomic E-state index is 12.3. The molecule has 16 heavy (non-hydrogen) atoms. The van der Waals surface area contributed by atoms with Crippen molar-refractivity contribution in [3.63, 3.8) is 0 Å². The molecule has 0 unspecified atom stereocenters. The number of rotatable bonds is 1. The van der Waals surface area contributed by atoms with Crippen LogP contribution in [0, 0.1) is 0 Å². The second kappa shape index (κ2) is 4.61. The summed E-state index contributed by atoms with van der Waals surface area (Å²) in [6.07, 6.45) is 3.28. The van der Waals surface area contributed by atoms with Gasteiger partial charge in [0.15, 0.2) is 0 Å². The van der Waals surface area contributed by atoms with Crippen molar-refractivity contribution < 1.29 is 9.53 Å². The zero-order valence-electron chi connectivity index (χ0n) is 9.59. The Morgan fingerprint density at radius 3 is 2.69 bits per heavy atom. The van der Waals surface area contributed by atoms with E-state index in [2.05, 4.69) is 4.98 Å². The number of amides is 1. The van der Waals surface area contributed by atoms with Gasteiger partial charge in [0.2, 0.25) is 0 Å². The van der Waals surface area contributed by atoms with E-state index in [1.807, 2.05) is 18.7 Å². The van der Waals surface area contributed by atoms with Crippen LogP contribution in [0.3, 0.4) is 0 Å². The predicted molar refractivity (Wildman–Crippen MR) is 60.1 cm³/mol. The molecular formula is C12H16N2O2. The minimum absolute atomic E-state index is 0.0383. The van der Waals surface area contributed by atoms with Gasteiger partial charge in [-0.1, -0.05) is 0 Å². The Balaban J connectivity index is 2.20. The Morgan fingerprint density at radius 2 is 2.12 bits per heavy atom. The summed E-state index contributed by atoms with van der Waals surface area (Å²) >= 11 is 0. The van der Waals surface area contributed by atoms with Crippen molar-refractivity contribution in [3.05, 3.63) is 30.1 Å². The number of aromatic nitrogens is 1. The molecule has 1 aliphatic heterocycles. The van der Waals surface area contributed by atoms with Gasteiger partial charge in [-0.25, -0.2) is 0 Å². The average molecular weight is 220 g/mol. The molecule has 1 aliphatic rings. The van der Waals surface area contributed by atoms with Gasteiger partial charge in [-0.2, -0.15) is 0 Å². The summed E-state index contributed by atoms with van der Waals surface area (Å²) in [7, 11) is 0. The molecule has 4 heteroatoms.